The summed E-state index contributed by atoms with van der Waals surface area (Å²) in [4.78, 5) is 0. The highest BCUT2D eigenvalue weighted by molar-refractivity contribution is 5.49. The minimum absolute atomic E-state index is 1.07. The van der Waals surface area contributed by atoms with Crippen LogP contribution in [0.5, 0.6) is 0 Å². The summed E-state index contributed by atoms with van der Waals surface area (Å²) in [7, 11) is 0. The Bertz CT molecular complexity index is 304. The van der Waals surface area contributed by atoms with E-state index in [9.17, 15) is 0 Å². The number of rotatable bonds is 4. The van der Waals surface area contributed by atoms with Crippen molar-refractivity contribution in [2.75, 3.05) is 0 Å². The van der Waals surface area contributed by atoms with E-state index in [0.717, 1.165) is 12.8 Å². The SMILES string of the molecule is C/C=C(\CC)C/C=C\c1ccccc1. The molecule has 0 saturated carbocycles. The molecule has 0 aliphatic rings. The standard InChI is InChI=1S/C14H18/c1-3-13(4-2)11-8-12-14-9-6-5-7-10-14/h3,5-10,12H,4,11H2,1-2H3/b12-8-,13-3+. The number of benzene rings is 1. The van der Waals surface area contributed by atoms with Crippen molar-refractivity contribution in [3.05, 3.63) is 53.6 Å². The number of allylic oxidation sites excluding steroid dienone is 3. The van der Waals surface area contributed by atoms with Crippen molar-refractivity contribution < 1.29 is 0 Å². The van der Waals surface area contributed by atoms with Crippen molar-refractivity contribution in [1.29, 1.82) is 0 Å². The van der Waals surface area contributed by atoms with Crippen molar-refractivity contribution >= 4 is 6.08 Å². The van der Waals surface area contributed by atoms with Gasteiger partial charge in [-0.15, -0.1) is 0 Å². The van der Waals surface area contributed by atoms with Gasteiger partial charge in [0.15, 0.2) is 0 Å². The second-order valence-corrected chi connectivity index (χ2v) is 3.32. The Morgan fingerprint density at radius 1 is 1.21 bits per heavy atom. The summed E-state index contributed by atoms with van der Waals surface area (Å²) in [6.07, 6.45) is 8.83. The molecule has 1 aromatic carbocycles. The van der Waals surface area contributed by atoms with Gasteiger partial charge >= 0.3 is 0 Å². The van der Waals surface area contributed by atoms with Gasteiger partial charge in [0.05, 0.1) is 0 Å². The highest BCUT2D eigenvalue weighted by atomic mass is 13.9. The molecule has 0 aromatic heterocycles. The Labute approximate surface area is 87.0 Å². The Morgan fingerprint density at radius 2 is 1.93 bits per heavy atom. The lowest BCUT2D eigenvalue weighted by Crippen LogP contribution is -1.76. The molecular formula is C14H18. The molecule has 0 fully saturated rings. The van der Waals surface area contributed by atoms with Crippen LogP contribution in [0.4, 0.5) is 0 Å². The molecule has 0 heterocycles. The van der Waals surface area contributed by atoms with Gasteiger partial charge in [0.25, 0.3) is 0 Å². The molecule has 0 unspecified atom stereocenters. The van der Waals surface area contributed by atoms with Gasteiger partial charge < -0.3 is 0 Å². The van der Waals surface area contributed by atoms with Gasteiger partial charge in [-0.3, -0.25) is 0 Å². The summed E-state index contributed by atoms with van der Waals surface area (Å²) in [5.41, 5.74) is 2.77. The van der Waals surface area contributed by atoms with Crippen LogP contribution < -0.4 is 0 Å². The first-order valence-electron chi connectivity index (χ1n) is 5.22. The fraction of sp³-hybridized carbons (Fsp3) is 0.286. The first-order chi connectivity index (χ1) is 6.86. The van der Waals surface area contributed by atoms with Crippen molar-refractivity contribution in [2.45, 2.75) is 26.7 Å². The van der Waals surface area contributed by atoms with Gasteiger partial charge in [0.1, 0.15) is 0 Å². The Kier molecular flexibility index (Phi) is 4.77. The number of hydrogen-bond donors (Lipinski definition) is 0. The molecule has 14 heavy (non-hydrogen) atoms. The monoisotopic (exact) mass is 186 g/mol. The molecule has 0 nitrogen and oxygen atoms in total. The summed E-state index contributed by atoms with van der Waals surface area (Å²) in [6, 6.07) is 10.4. The molecule has 0 atom stereocenters. The van der Waals surface area contributed by atoms with Crippen LogP contribution in [-0.4, -0.2) is 0 Å². The summed E-state index contributed by atoms with van der Waals surface area (Å²) in [5.74, 6) is 0. The summed E-state index contributed by atoms with van der Waals surface area (Å²) in [6.45, 7) is 4.31. The largest absolute Gasteiger partial charge is 0.0882 e. The predicted octanol–water partition coefficient (Wildman–Crippen LogP) is 4.45. The lowest BCUT2D eigenvalue weighted by Gasteiger charge is -1.97. The summed E-state index contributed by atoms with van der Waals surface area (Å²) >= 11 is 0. The van der Waals surface area contributed by atoms with Gasteiger partial charge in [-0.05, 0) is 25.3 Å². The molecule has 0 aliphatic heterocycles. The van der Waals surface area contributed by atoms with Crippen LogP contribution >= 0.6 is 0 Å². The van der Waals surface area contributed by atoms with Gasteiger partial charge in [-0.25, -0.2) is 0 Å². The molecule has 0 amide bonds. The van der Waals surface area contributed by atoms with Crippen LogP contribution in [0.1, 0.15) is 32.3 Å². The lowest BCUT2D eigenvalue weighted by atomic mass is 10.1. The van der Waals surface area contributed by atoms with Gasteiger partial charge in [0.2, 0.25) is 0 Å². The van der Waals surface area contributed by atoms with E-state index in [1.165, 1.54) is 11.1 Å². The second kappa shape index (κ2) is 6.20. The predicted molar refractivity (Wildman–Crippen MR) is 64.1 cm³/mol. The molecule has 74 valence electrons. The highest BCUT2D eigenvalue weighted by Crippen LogP contribution is 2.09. The maximum atomic E-state index is 2.23. The molecular weight excluding hydrogens is 168 g/mol. The van der Waals surface area contributed by atoms with Crippen LogP contribution in [0.3, 0.4) is 0 Å². The van der Waals surface area contributed by atoms with Gasteiger partial charge in [-0.2, -0.15) is 0 Å². The molecule has 1 aromatic rings. The van der Waals surface area contributed by atoms with Crippen LogP contribution in [-0.2, 0) is 0 Å². The summed E-state index contributed by atoms with van der Waals surface area (Å²) in [5, 5.41) is 0. The topological polar surface area (TPSA) is 0 Å². The molecule has 0 heteroatoms. The zero-order valence-electron chi connectivity index (χ0n) is 9.03. The van der Waals surface area contributed by atoms with Gasteiger partial charge in [0, 0.05) is 0 Å². The number of hydrogen-bond acceptors (Lipinski definition) is 0. The minimum Gasteiger partial charge on any atom is -0.0882 e. The van der Waals surface area contributed by atoms with Crippen molar-refractivity contribution in [3.63, 3.8) is 0 Å². The van der Waals surface area contributed by atoms with E-state index in [4.69, 9.17) is 0 Å². The third-order valence-corrected chi connectivity index (χ3v) is 2.35. The highest BCUT2D eigenvalue weighted by Gasteiger charge is 1.88. The van der Waals surface area contributed by atoms with Crippen LogP contribution in [0, 0.1) is 0 Å². The van der Waals surface area contributed by atoms with E-state index in [1.54, 1.807) is 0 Å². The quantitative estimate of drug-likeness (QED) is 0.609. The maximum Gasteiger partial charge on any atom is -0.0136 e. The molecule has 1 rings (SSSR count). The minimum atomic E-state index is 1.07. The van der Waals surface area contributed by atoms with Gasteiger partial charge in [-0.1, -0.05) is 61.1 Å². The first-order valence-corrected chi connectivity index (χ1v) is 5.22. The van der Waals surface area contributed by atoms with Crippen molar-refractivity contribution in [2.24, 2.45) is 0 Å². The molecule has 0 saturated heterocycles. The molecule has 0 N–H and O–H groups in total. The van der Waals surface area contributed by atoms with Crippen molar-refractivity contribution in [3.8, 4) is 0 Å². The average molecular weight is 186 g/mol. The van der Waals surface area contributed by atoms with E-state index in [-0.39, 0.29) is 0 Å². The second-order valence-electron chi connectivity index (χ2n) is 3.32. The lowest BCUT2D eigenvalue weighted by molar-refractivity contribution is 1.03. The Balaban J connectivity index is 2.49. The van der Waals surface area contributed by atoms with Crippen LogP contribution in [0.15, 0.2) is 48.1 Å². The van der Waals surface area contributed by atoms with E-state index in [2.05, 4.69) is 56.3 Å². The molecule has 0 spiro atoms. The maximum absolute atomic E-state index is 2.23. The van der Waals surface area contributed by atoms with E-state index >= 15 is 0 Å². The Morgan fingerprint density at radius 3 is 2.50 bits per heavy atom. The zero-order chi connectivity index (χ0) is 10.2. The van der Waals surface area contributed by atoms with Crippen LogP contribution in [0.2, 0.25) is 0 Å². The molecule has 0 radical (unpaired) electrons. The van der Waals surface area contributed by atoms with E-state index in [1.807, 2.05) is 6.07 Å². The fourth-order valence-corrected chi connectivity index (χ4v) is 1.38. The van der Waals surface area contributed by atoms with E-state index < -0.39 is 0 Å². The fourth-order valence-electron chi connectivity index (χ4n) is 1.38. The third kappa shape index (κ3) is 3.61. The van der Waals surface area contributed by atoms with Crippen molar-refractivity contribution in [1.82, 2.24) is 0 Å². The smallest absolute Gasteiger partial charge is 0.0136 e. The third-order valence-electron chi connectivity index (χ3n) is 2.35. The average Bonchev–Trinajstić information content (AvgIpc) is 2.26. The Hall–Kier alpha value is -1.30. The molecule has 0 aliphatic carbocycles. The normalized spacial score (nSPS) is 12.3. The molecule has 0 bridgehead atoms. The zero-order valence-corrected chi connectivity index (χ0v) is 9.03. The van der Waals surface area contributed by atoms with E-state index in [0.29, 0.717) is 0 Å². The van der Waals surface area contributed by atoms with Crippen LogP contribution in [0.25, 0.3) is 6.08 Å². The summed E-state index contributed by atoms with van der Waals surface area (Å²) < 4.78 is 0. The first kappa shape index (κ1) is 10.8.